The van der Waals surface area contributed by atoms with Gasteiger partial charge in [0, 0.05) is 38.2 Å². The Morgan fingerprint density at radius 2 is 1.85 bits per heavy atom. The Hall–Kier alpha value is -3.52. The second-order valence-electron chi connectivity index (χ2n) is 8.13. The molecule has 0 unspecified atom stereocenters. The summed E-state index contributed by atoms with van der Waals surface area (Å²) in [6.07, 6.45) is 0.242. The summed E-state index contributed by atoms with van der Waals surface area (Å²) in [7, 11) is 3.87. The van der Waals surface area contributed by atoms with Crippen molar-refractivity contribution in [1.82, 2.24) is 0 Å². The molecule has 176 valence electrons. The Morgan fingerprint density at radius 1 is 1.09 bits per heavy atom. The molecule has 1 heterocycles. The number of benzene rings is 3. The molecule has 0 radical (unpaired) electrons. The van der Waals surface area contributed by atoms with E-state index in [1.54, 1.807) is 0 Å². The Labute approximate surface area is 200 Å². The summed E-state index contributed by atoms with van der Waals surface area (Å²) in [4.78, 5) is 6.56. The number of aliphatic imine (C=N–C) groups is 1. The van der Waals surface area contributed by atoms with Gasteiger partial charge in [-0.05, 0) is 41.0 Å². The summed E-state index contributed by atoms with van der Waals surface area (Å²) >= 11 is 5.85. The maximum Gasteiger partial charge on any atom is 0.182 e. The van der Waals surface area contributed by atoms with Gasteiger partial charge in [-0.25, -0.2) is 13.2 Å². The molecule has 0 bridgehead atoms. The highest BCUT2D eigenvalue weighted by molar-refractivity contribution is 6.30. The van der Waals surface area contributed by atoms with E-state index < -0.39 is 17.5 Å². The molecule has 0 fully saturated rings. The third kappa shape index (κ3) is 4.72. The van der Waals surface area contributed by atoms with Crippen molar-refractivity contribution in [1.29, 1.82) is 0 Å². The molecule has 0 amide bonds. The van der Waals surface area contributed by atoms with Gasteiger partial charge >= 0.3 is 0 Å². The van der Waals surface area contributed by atoms with Crippen LogP contribution in [0.2, 0.25) is 5.02 Å². The summed E-state index contributed by atoms with van der Waals surface area (Å²) in [5.74, 6) is -2.22. The summed E-state index contributed by atoms with van der Waals surface area (Å²) in [5.41, 5.74) is 3.27. The maximum absolute atomic E-state index is 14.6. The van der Waals surface area contributed by atoms with Crippen LogP contribution in [0.1, 0.15) is 22.3 Å². The fourth-order valence-electron chi connectivity index (χ4n) is 3.98. The second-order valence-corrected chi connectivity index (χ2v) is 8.54. The predicted molar refractivity (Wildman–Crippen MR) is 129 cm³/mol. The number of hydrogen-bond acceptors (Lipinski definition) is 4. The molecule has 3 aromatic carbocycles. The molecule has 0 atom stereocenters. The van der Waals surface area contributed by atoms with Gasteiger partial charge in [0.15, 0.2) is 11.6 Å². The summed E-state index contributed by atoms with van der Waals surface area (Å²) in [6.45, 7) is 0.346. The fraction of sp³-hybridized carbons (Fsp3) is 0.200. The van der Waals surface area contributed by atoms with Crippen molar-refractivity contribution in [3.63, 3.8) is 0 Å². The Balaban J connectivity index is 1.64. The molecule has 1 aliphatic rings. The smallest absolute Gasteiger partial charge is 0.182 e. The molecule has 5 nitrogen and oxygen atoms in total. The first-order valence-corrected chi connectivity index (χ1v) is 10.9. The van der Waals surface area contributed by atoms with Gasteiger partial charge in [0.2, 0.25) is 0 Å². The Morgan fingerprint density at radius 3 is 2.56 bits per heavy atom. The molecule has 9 heteroatoms. The molecule has 0 spiro atoms. The van der Waals surface area contributed by atoms with Crippen LogP contribution >= 0.6 is 11.6 Å². The molecule has 0 saturated heterocycles. The van der Waals surface area contributed by atoms with Gasteiger partial charge in [-0.15, -0.1) is 0 Å². The van der Waals surface area contributed by atoms with Crippen LogP contribution < -0.4 is 10.2 Å². The lowest BCUT2D eigenvalue weighted by atomic mass is 9.95. The SMILES string of the molecule is CN(C)c1ccccc1CN=C1Cc2c(/C(Cc3ccc(F)c(Cl)c3)=N/O)cc(F)c(F)c2N1. The first-order chi connectivity index (χ1) is 16.3. The average molecular weight is 487 g/mol. The van der Waals surface area contributed by atoms with Crippen LogP contribution in [-0.4, -0.2) is 30.8 Å². The van der Waals surface area contributed by atoms with E-state index in [4.69, 9.17) is 11.6 Å². The Kier molecular flexibility index (Phi) is 6.79. The highest BCUT2D eigenvalue weighted by atomic mass is 35.5. The number of para-hydroxylation sites is 1. The van der Waals surface area contributed by atoms with E-state index in [0.29, 0.717) is 23.5 Å². The predicted octanol–water partition coefficient (Wildman–Crippen LogP) is 5.81. The van der Waals surface area contributed by atoms with Crippen molar-refractivity contribution in [3.8, 4) is 0 Å². The quantitative estimate of drug-likeness (QED) is 0.262. The summed E-state index contributed by atoms with van der Waals surface area (Å²) < 4.78 is 42.6. The van der Waals surface area contributed by atoms with Crippen molar-refractivity contribution in [2.45, 2.75) is 19.4 Å². The van der Waals surface area contributed by atoms with Crippen LogP contribution in [0.3, 0.4) is 0 Å². The van der Waals surface area contributed by atoms with Gasteiger partial charge in [0.25, 0.3) is 0 Å². The minimum absolute atomic E-state index is 0.0343. The zero-order valence-corrected chi connectivity index (χ0v) is 19.3. The molecule has 0 aliphatic carbocycles. The van der Waals surface area contributed by atoms with E-state index in [-0.39, 0.29) is 34.8 Å². The molecule has 1 aliphatic heterocycles. The lowest BCUT2D eigenvalue weighted by molar-refractivity contribution is 0.318. The number of halogens is 4. The van der Waals surface area contributed by atoms with Gasteiger partial charge in [0.05, 0.1) is 23.0 Å². The number of hydrogen-bond donors (Lipinski definition) is 2. The minimum atomic E-state index is -1.08. The van der Waals surface area contributed by atoms with Gasteiger partial charge in [-0.3, -0.25) is 4.99 Å². The topological polar surface area (TPSA) is 60.2 Å². The van der Waals surface area contributed by atoms with Crippen LogP contribution in [-0.2, 0) is 19.4 Å². The van der Waals surface area contributed by atoms with Crippen LogP contribution in [0.5, 0.6) is 0 Å². The number of anilines is 2. The molecule has 4 rings (SSSR count). The zero-order chi connectivity index (χ0) is 24.4. The van der Waals surface area contributed by atoms with Crippen LogP contribution in [0.4, 0.5) is 24.5 Å². The van der Waals surface area contributed by atoms with Crippen LogP contribution in [0.15, 0.2) is 58.7 Å². The fourth-order valence-corrected chi connectivity index (χ4v) is 4.18. The normalized spacial score (nSPS) is 14.3. The van der Waals surface area contributed by atoms with Crippen molar-refractivity contribution in [2.75, 3.05) is 24.3 Å². The van der Waals surface area contributed by atoms with Crippen LogP contribution in [0, 0.1) is 17.5 Å². The lowest BCUT2D eigenvalue weighted by Crippen LogP contribution is -2.12. The molecular weight excluding hydrogens is 465 g/mol. The maximum atomic E-state index is 14.6. The van der Waals surface area contributed by atoms with E-state index in [0.717, 1.165) is 17.3 Å². The van der Waals surface area contributed by atoms with Crippen molar-refractivity contribution < 1.29 is 18.4 Å². The average Bonchev–Trinajstić information content (AvgIpc) is 3.25. The largest absolute Gasteiger partial charge is 0.411 e. The number of oxime groups is 1. The molecular formula is C25H22ClF3N4O. The minimum Gasteiger partial charge on any atom is -0.411 e. The van der Waals surface area contributed by atoms with Gasteiger partial charge in [-0.1, -0.05) is 41.0 Å². The van der Waals surface area contributed by atoms with E-state index in [1.165, 1.54) is 18.2 Å². The number of rotatable bonds is 6. The highest BCUT2D eigenvalue weighted by Gasteiger charge is 2.28. The zero-order valence-electron chi connectivity index (χ0n) is 18.5. The van der Waals surface area contributed by atoms with Gasteiger partial charge in [-0.2, -0.15) is 0 Å². The van der Waals surface area contributed by atoms with Crippen LogP contribution in [0.25, 0.3) is 0 Å². The van der Waals surface area contributed by atoms with E-state index in [2.05, 4.69) is 15.5 Å². The molecule has 2 N–H and O–H groups in total. The lowest BCUT2D eigenvalue weighted by Gasteiger charge is -2.16. The van der Waals surface area contributed by atoms with Crippen molar-refractivity contribution >= 4 is 34.5 Å². The Bertz CT molecular complexity index is 1310. The standard InChI is InChI=1S/C25H22ClF3N4O/c1-33(2)22-6-4-3-5-15(22)13-30-23-12-17-16(11-20(28)24(29)25(17)31-23)21(32-34)10-14-7-8-19(27)18(26)9-14/h3-9,11,34H,10,12-13H2,1-2H3,(H,30,31)/b32-21+. The van der Waals surface area contributed by atoms with Gasteiger partial charge in [0.1, 0.15) is 11.7 Å². The van der Waals surface area contributed by atoms with Crippen molar-refractivity contribution in [2.24, 2.45) is 10.1 Å². The molecule has 0 saturated carbocycles. The highest BCUT2D eigenvalue weighted by Crippen LogP contribution is 2.33. The summed E-state index contributed by atoms with van der Waals surface area (Å²) in [6, 6.07) is 12.9. The third-order valence-electron chi connectivity index (χ3n) is 5.64. The third-order valence-corrected chi connectivity index (χ3v) is 5.93. The monoisotopic (exact) mass is 486 g/mol. The van der Waals surface area contributed by atoms with E-state index >= 15 is 0 Å². The number of nitrogens with one attached hydrogen (secondary N) is 1. The van der Waals surface area contributed by atoms with E-state index in [1.807, 2.05) is 43.3 Å². The van der Waals surface area contributed by atoms with E-state index in [9.17, 15) is 18.4 Å². The molecule has 0 aromatic heterocycles. The molecule has 3 aromatic rings. The first-order valence-electron chi connectivity index (χ1n) is 10.5. The number of nitrogens with zero attached hydrogens (tertiary/aromatic N) is 3. The number of fused-ring (bicyclic) bond motifs is 1. The number of amidine groups is 1. The summed E-state index contributed by atoms with van der Waals surface area (Å²) in [5, 5.41) is 15.8. The first kappa shape index (κ1) is 23.6. The van der Waals surface area contributed by atoms with Crippen molar-refractivity contribution in [3.05, 3.63) is 93.3 Å². The second kappa shape index (κ2) is 9.77. The molecule has 34 heavy (non-hydrogen) atoms. The van der Waals surface area contributed by atoms with Gasteiger partial charge < -0.3 is 15.4 Å².